The molecule has 0 spiro atoms. The van der Waals surface area contributed by atoms with Gasteiger partial charge in [0.25, 0.3) is 0 Å². The van der Waals surface area contributed by atoms with Crippen molar-refractivity contribution in [3.63, 3.8) is 0 Å². The summed E-state index contributed by atoms with van der Waals surface area (Å²) in [7, 11) is 0. The summed E-state index contributed by atoms with van der Waals surface area (Å²) in [5.41, 5.74) is 2.02. The van der Waals surface area contributed by atoms with Crippen molar-refractivity contribution in [3.05, 3.63) is 88.9 Å². The average Bonchev–Trinajstić information content (AvgIpc) is 3.17. The van der Waals surface area contributed by atoms with Crippen LogP contribution in [0.25, 0.3) is 0 Å². The van der Waals surface area contributed by atoms with Crippen molar-refractivity contribution in [3.8, 4) is 0 Å². The first-order valence-corrected chi connectivity index (χ1v) is 9.81. The van der Waals surface area contributed by atoms with Gasteiger partial charge in [-0.2, -0.15) is 0 Å². The fraction of sp³-hybridized carbons (Fsp3) is 0.304. The number of halogens is 1. The number of rotatable bonds is 6. The Bertz CT molecular complexity index is 1000. The molecule has 0 saturated carbocycles. The molecule has 1 atom stereocenters. The van der Waals surface area contributed by atoms with Gasteiger partial charge in [0.1, 0.15) is 11.6 Å². The van der Waals surface area contributed by atoms with Crippen LogP contribution in [0.2, 0.25) is 0 Å². The van der Waals surface area contributed by atoms with Gasteiger partial charge in [-0.25, -0.2) is 14.2 Å². The first kappa shape index (κ1) is 19.3. The SMILES string of the molecule is O=C(O)c1ccccc1CN1CCCC(c2ncc(Cc3cccc(F)c3)o2)C1. The number of carbonyl (C=O) groups is 1. The Balaban J connectivity index is 1.43. The van der Waals surface area contributed by atoms with Crippen molar-refractivity contribution in [2.75, 3.05) is 13.1 Å². The van der Waals surface area contributed by atoms with Gasteiger partial charge in [0.2, 0.25) is 0 Å². The maximum Gasteiger partial charge on any atom is 0.336 e. The number of carboxylic acid groups (broad SMARTS) is 1. The Morgan fingerprint density at radius 1 is 1.24 bits per heavy atom. The van der Waals surface area contributed by atoms with Gasteiger partial charge in [-0.05, 0) is 48.7 Å². The Morgan fingerprint density at radius 2 is 2.10 bits per heavy atom. The Labute approximate surface area is 168 Å². The molecule has 0 radical (unpaired) electrons. The molecule has 1 fully saturated rings. The number of hydrogen-bond donors (Lipinski definition) is 1. The zero-order valence-corrected chi connectivity index (χ0v) is 16.1. The van der Waals surface area contributed by atoms with E-state index in [2.05, 4.69) is 9.88 Å². The van der Waals surface area contributed by atoms with Crippen LogP contribution in [0.5, 0.6) is 0 Å². The molecule has 1 N–H and O–H groups in total. The van der Waals surface area contributed by atoms with Crippen LogP contribution in [-0.2, 0) is 13.0 Å². The van der Waals surface area contributed by atoms with E-state index in [1.807, 2.05) is 18.2 Å². The van der Waals surface area contributed by atoms with Gasteiger partial charge in [0, 0.05) is 25.4 Å². The molecule has 150 valence electrons. The second-order valence-electron chi connectivity index (χ2n) is 7.51. The van der Waals surface area contributed by atoms with E-state index in [-0.39, 0.29) is 11.7 Å². The van der Waals surface area contributed by atoms with Gasteiger partial charge in [-0.3, -0.25) is 4.90 Å². The van der Waals surface area contributed by atoms with Crippen molar-refractivity contribution in [2.45, 2.75) is 31.7 Å². The first-order chi connectivity index (χ1) is 14.1. The van der Waals surface area contributed by atoms with Crippen LogP contribution in [0.3, 0.4) is 0 Å². The first-order valence-electron chi connectivity index (χ1n) is 9.81. The van der Waals surface area contributed by atoms with Crippen LogP contribution in [-0.4, -0.2) is 34.0 Å². The van der Waals surface area contributed by atoms with E-state index < -0.39 is 5.97 Å². The number of oxazole rings is 1. The van der Waals surface area contributed by atoms with E-state index in [0.717, 1.165) is 42.8 Å². The van der Waals surface area contributed by atoms with Crippen molar-refractivity contribution in [2.24, 2.45) is 0 Å². The topological polar surface area (TPSA) is 66.6 Å². The van der Waals surface area contributed by atoms with E-state index in [0.29, 0.717) is 24.4 Å². The molecular formula is C23H23FN2O3. The highest BCUT2D eigenvalue weighted by Gasteiger charge is 2.26. The Morgan fingerprint density at radius 3 is 2.93 bits per heavy atom. The molecular weight excluding hydrogens is 371 g/mol. The minimum atomic E-state index is -0.899. The van der Waals surface area contributed by atoms with E-state index in [1.165, 1.54) is 12.1 Å². The highest BCUT2D eigenvalue weighted by molar-refractivity contribution is 5.89. The molecule has 6 heteroatoms. The van der Waals surface area contributed by atoms with Gasteiger partial charge in [0.05, 0.1) is 11.8 Å². The molecule has 1 unspecified atom stereocenters. The number of piperidine rings is 1. The molecule has 0 aliphatic carbocycles. The molecule has 1 aliphatic rings. The number of likely N-dealkylation sites (tertiary alicyclic amines) is 1. The van der Waals surface area contributed by atoms with Crippen molar-refractivity contribution in [1.82, 2.24) is 9.88 Å². The minimum Gasteiger partial charge on any atom is -0.478 e. The predicted octanol–water partition coefficient (Wildman–Crippen LogP) is 4.48. The van der Waals surface area contributed by atoms with E-state index >= 15 is 0 Å². The monoisotopic (exact) mass is 394 g/mol. The number of aromatic carboxylic acids is 1. The van der Waals surface area contributed by atoms with Crippen LogP contribution < -0.4 is 0 Å². The molecule has 2 heterocycles. The molecule has 2 aromatic carbocycles. The number of aromatic nitrogens is 1. The average molecular weight is 394 g/mol. The van der Waals surface area contributed by atoms with Crippen LogP contribution >= 0.6 is 0 Å². The number of benzene rings is 2. The fourth-order valence-corrected chi connectivity index (χ4v) is 3.95. The normalized spacial score (nSPS) is 17.3. The third-order valence-corrected chi connectivity index (χ3v) is 5.34. The fourth-order valence-electron chi connectivity index (χ4n) is 3.95. The zero-order valence-electron chi connectivity index (χ0n) is 16.1. The van der Waals surface area contributed by atoms with Gasteiger partial charge in [0.15, 0.2) is 5.89 Å². The summed E-state index contributed by atoms with van der Waals surface area (Å²) in [4.78, 5) is 18.2. The van der Waals surface area contributed by atoms with Crippen molar-refractivity contribution in [1.29, 1.82) is 0 Å². The van der Waals surface area contributed by atoms with Gasteiger partial charge in [-0.1, -0.05) is 30.3 Å². The standard InChI is InChI=1S/C23H23FN2O3/c24-19-8-3-5-16(11-19)12-20-13-25-22(29-20)18-7-4-10-26(15-18)14-17-6-1-2-9-21(17)23(27)28/h1-3,5-6,8-9,11,13,18H,4,7,10,12,14-15H2,(H,27,28). The molecule has 1 aromatic heterocycles. The summed E-state index contributed by atoms with van der Waals surface area (Å²) in [6.45, 7) is 2.28. The summed E-state index contributed by atoms with van der Waals surface area (Å²) < 4.78 is 19.4. The summed E-state index contributed by atoms with van der Waals surface area (Å²) >= 11 is 0. The minimum absolute atomic E-state index is 0.169. The van der Waals surface area contributed by atoms with Gasteiger partial charge >= 0.3 is 5.97 Å². The second-order valence-corrected chi connectivity index (χ2v) is 7.51. The summed E-state index contributed by atoms with van der Waals surface area (Å²) in [6, 6.07) is 13.6. The molecule has 4 rings (SSSR count). The smallest absolute Gasteiger partial charge is 0.336 e. The number of nitrogens with zero attached hydrogens (tertiary/aromatic N) is 2. The van der Waals surface area contributed by atoms with E-state index in [4.69, 9.17) is 4.42 Å². The van der Waals surface area contributed by atoms with Gasteiger partial charge in [-0.15, -0.1) is 0 Å². The third-order valence-electron chi connectivity index (χ3n) is 5.34. The zero-order chi connectivity index (χ0) is 20.2. The summed E-state index contributed by atoms with van der Waals surface area (Å²) in [5.74, 6) is 0.434. The van der Waals surface area contributed by atoms with Crippen LogP contribution in [0.1, 0.15) is 51.9 Å². The molecule has 3 aromatic rings. The van der Waals surface area contributed by atoms with E-state index in [9.17, 15) is 14.3 Å². The lowest BCUT2D eigenvalue weighted by Gasteiger charge is -2.31. The Hall–Kier alpha value is -2.99. The maximum absolute atomic E-state index is 13.4. The van der Waals surface area contributed by atoms with Crippen LogP contribution in [0.4, 0.5) is 4.39 Å². The molecule has 0 bridgehead atoms. The van der Waals surface area contributed by atoms with Gasteiger partial charge < -0.3 is 9.52 Å². The van der Waals surface area contributed by atoms with Crippen molar-refractivity contribution < 1.29 is 18.7 Å². The van der Waals surface area contributed by atoms with Crippen molar-refractivity contribution >= 4 is 5.97 Å². The molecule has 1 saturated heterocycles. The highest BCUT2D eigenvalue weighted by atomic mass is 19.1. The third kappa shape index (κ3) is 4.71. The van der Waals surface area contributed by atoms with Crippen LogP contribution in [0.15, 0.2) is 59.1 Å². The second kappa shape index (κ2) is 8.57. The Kier molecular flexibility index (Phi) is 5.71. The van der Waals surface area contributed by atoms with E-state index in [1.54, 1.807) is 24.4 Å². The maximum atomic E-state index is 13.4. The highest BCUT2D eigenvalue weighted by Crippen LogP contribution is 2.28. The lowest BCUT2D eigenvalue weighted by atomic mass is 9.97. The molecule has 5 nitrogen and oxygen atoms in total. The predicted molar refractivity (Wildman–Crippen MR) is 106 cm³/mol. The molecule has 0 amide bonds. The number of hydrogen-bond acceptors (Lipinski definition) is 4. The lowest BCUT2D eigenvalue weighted by Crippen LogP contribution is -2.34. The summed E-state index contributed by atoms with van der Waals surface area (Å²) in [5, 5.41) is 9.40. The lowest BCUT2D eigenvalue weighted by molar-refractivity contribution is 0.0693. The number of carboxylic acids is 1. The quantitative estimate of drug-likeness (QED) is 0.668. The largest absolute Gasteiger partial charge is 0.478 e. The molecule has 1 aliphatic heterocycles. The van der Waals surface area contributed by atoms with Crippen LogP contribution in [0, 0.1) is 5.82 Å². The summed E-state index contributed by atoms with van der Waals surface area (Å²) in [6.07, 6.45) is 4.21. The molecule has 29 heavy (non-hydrogen) atoms.